The van der Waals surface area contributed by atoms with Gasteiger partial charge in [-0.2, -0.15) is 0 Å². The van der Waals surface area contributed by atoms with Crippen molar-refractivity contribution in [2.24, 2.45) is 5.92 Å². The van der Waals surface area contributed by atoms with Crippen molar-refractivity contribution < 1.29 is 14.4 Å². The molecule has 2 N–H and O–H groups in total. The van der Waals surface area contributed by atoms with E-state index in [9.17, 15) is 14.4 Å². The van der Waals surface area contributed by atoms with E-state index in [1.54, 1.807) is 36.4 Å². The first-order valence-corrected chi connectivity index (χ1v) is 12.6. The summed E-state index contributed by atoms with van der Waals surface area (Å²) in [5, 5.41) is 6.09. The van der Waals surface area contributed by atoms with Crippen molar-refractivity contribution in [3.05, 3.63) is 94.5 Å². The molecule has 1 aliphatic heterocycles. The number of anilines is 3. The number of nitrogens with zero attached hydrogens (tertiary/aromatic N) is 1. The van der Waals surface area contributed by atoms with E-state index in [4.69, 9.17) is 0 Å². The number of amides is 3. The van der Waals surface area contributed by atoms with Crippen LogP contribution in [-0.2, 0) is 14.4 Å². The number of hydrogen-bond donors (Lipinski definition) is 2. The molecule has 0 atom stereocenters. The first-order valence-electron chi connectivity index (χ1n) is 11.8. The lowest BCUT2D eigenvalue weighted by Gasteiger charge is -2.15. The van der Waals surface area contributed by atoms with Gasteiger partial charge in [-0.1, -0.05) is 49.9 Å². The summed E-state index contributed by atoms with van der Waals surface area (Å²) < 4.78 is 0. The van der Waals surface area contributed by atoms with Crippen LogP contribution >= 0.6 is 11.8 Å². The number of para-hydroxylation sites is 1. The van der Waals surface area contributed by atoms with E-state index in [0.717, 1.165) is 21.7 Å². The molecule has 0 unspecified atom stereocenters. The lowest BCUT2D eigenvalue weighted by molar-refractivity contribution is -0.120. The van der Waals surface area contributed by atoms with Crippen molar-refractivity contribution in [3.8, 4) is 0 Å². The number of carbonyl (C=O) groups excluding carboxylic acids is 3. The molecule has 0 spiro atoms. The van der Waals surface area contributed by atoms with Crippen LogP contribution in [0.4, 0.5) is 17.1 Å². The van der Waals surface area contributed by atoms with Crippen molar-refractivity contribution in [1.29, 1.82) is 0 Å². The van der Waals surface area contributed by atoms with Gasteiger partial charge in [0.25, 0.3) is 11.8 Å². The predicted octanol–water partition coefficient (Wildman–Crippen LogP) is 6.28. The molecule has 0 bridgehead atoms. The first-order chi connectivity index (χ1) is 17.2. The number of thioether (sulfide) groups is 1. The zero-order chi connectivity index (χ0) is 25.8. The number of nitrogens with one attached hydrogen (secondary N) is 2. The monoisotopic (exact) mass is 499 g/mol. The van der Waals surface area contributed by atoms with Crippen molar-refractivity contribution in [1.82, 2.24) is 0 Å². The topological polar surface area (TPSA) is 78.5 Å². The van der Waals surface area contributed by atoms with E-state index >= 15 is 0 Å². The number of imide groups is 1. The Balaban J connectivity index is 1.63. The minimum atomic E-state index is -0.399. The Bertz CT molecular complexity index is 1330. The second-order valence-electron chi connectivity index (χ2n) is 9.18. The molecule has 0 aliphatic carbocycles. The van der Waals surface area contributed by atoms with Crippen molar-refractivity contribution in [3.63, 3.8) is 0 Å². The second-order valence-corrected chi connectivity index (χ2v) is 10.3. The Morgan fingerprint density at radius 2 is 1.53 bits per heavy atom. The van der Waals surface area contributed by atoms with Crippen LogP contribution in [0.25, 0.3) is 0 Å². The van der Waals surface area contributed by atoms with Crippen molar-refractivity contribution in [2.45, 2.75) is 39.0 Å². The minimum absolute atomic E-state index is 0.0388. The highest BCUT2D eigenvalue weighted by Gasteiger charge is 2.40. The molecule has 1 heterocycles. The maximum atomic E-state index is 13.5. The van der Waals surface area contributed by atoms with Crippen LogP contribution in [0.2, 0.25) is 0 Å². The number of rotatable bonds is 8. The lowest BCUT2D eigenvalue weighted by Crippen LogP contribution is -2.32. The average Bonchev–Trinajstić information content (AvgIpc) is 3.06. The van der Waals surface area contributed by atoms with Gasteiger partial charge in [0.2, 0.25) is 5.91 Å². The second kappa shape index (κ2) is 10.8. The molecule has 3 aromatic carbocycles. The summed E-state index contributed by atoms with van der Waals surface area (Å²) in [6.07, 6.45) is 0.447. The molecule has 3 aromatic rings. The van der Waals surface area contributed by atoms with Crippen LogP contribution < -0.4 is 15.5 Å². The smallest absolute Gasteiger partial charge is 0.283 e. The number of aryl methyl sites for hydroxylation is 2. The fourth-order valence-corrected chi connectivity index (χ4v) is 4.72. The zero-order valence-electron chi connectivity index (χ0n) is 20.8. The van der Waals surface area contributed by atoms with E-state index in [-0.39, 0.29) is 23.4 Å². The van der Waals surface area contributed by atoms with Crippen LogP contribution in [-0.4, -0.2) is 17.7 Å². The molecule has 0 aromatic heterocycles. The van der Waals surface area contributed by atoms with Crippen molar-refractivity contribution in [2.75, 3.05) is 15.5 Å². The normalized spacial score (nSPS) is 13.5. The molecule has 184 valence electrons. The Kier molecular flexibility index (Phi) is 7.60. The van der Waals surface area contributed by atoms with Crippen LogP contribution in [0.1, 0.15) is 31.4 Å². The molecule has 4 rings (SSSR count). The maximum Gasteiger partial charge on any atom is 0.283 e. The van der Waals surface area contributed by atoms with E-state index < -0.39 is 5.91 Å². The summed E-state index contributed by atoms with van der Waals surface area (Å²) in [7, 11) is 0. The number of hydrogen-bond acceptors (Lipinski definition) is 5. The summed E-state index contributed by atoms with van der Waals surface area (Å²) in [6, 6.07) is 22.0. The third-order valence-electron chi connectivity index (χ3n) is 5.78. The molecule has 0 saturated carbocycles. The fourth-order valence-electron chi connectivity index (χ4n) is 3.80. The van der Waals surface area contributed by atoms with Gasteiger partial charge in [-0.05, 0) is 79.4 Å². The lowest BCUT2D eigenvalue weighted by atomic mass is 10.1. The first kappa shape index (κ1) is 25.3. The van der Waals surface area contributed by atoms with Gasteiger partial charge in [-0.15, -0.1) is 0 Å². The largest absolute Gasteiger partial charge is 0.350 e. The predicted molar refractivity (Wildman–Crippen MR) is 146 cm³/mol. The van der Waals surface area contributed by atoms with Gasteiger partial charge in [0.15, 0.2) is 0 Å². The number of benzene rings is 3. The molecule has 0 saturated heterocycles. The van der Waals surface area contributed by atoms with Crippen LogP contribution in [0.5, 0.6) is 0 Å². The number of carbonyl (C=O) groups is 3. The van der Waals surface area contributed by atoms with Crippen LogP contribution in [0, 0.1) is 19.8 Å². The van der Waals surface area contributed by atoms with Crippen LogP contribution in [0.15, 0.2) is 88.3 Å². The van der Waals surface area contributed by atoms with Gasteiger partial charge in [0, 0.05) is 22.7 Å². The Labute approximate surface area is 215 Å². The Morgan fingerprint density at radius 3 is 2.17 bits per heavy atom. The molecule has 7 heteroatoms. The summed E-state index contributed by atoms with van der Waals surface area (Å²) in [5.74, 6) is -0.544. The van der Waals surface area contributed by atoms with Crippen molar-refractivity contribution >= 4 is 46.5 Å². The Hall–Kier alpha value is -3.84. The third-order valence-corrected chi connectivity index (χ3v) is 6.87. The van der Waals surface area contributed by atoms with Gasteiger partial charge in [-0.25, -0.2) is 4.90 Å². The van der Waals surface area contributed by atoms with E-state index in [0.29, 0.717) is 22.7 Å². The molecule has 36 heavy (non-hydrogen) atoms. The summed E-state index contributed by atoms with van der Waals surface area (Å²) in [5.41, 5.74) is 4.42. The summed E-state index contributed by atoms with van der Waals surface area (Å²) >= 11 is 1.23. The standard InChI is InChI=1S/C29H29N3O3S/c1-18(2)16-25(33)30-21-12-14-24(15-13-21)36-27-26(31-22-11-10-19(3)20(4)17-22)28(34)32(29(27)35)23-8-6-5-7-9-23/h5-15,17-18,31H,16H2,1-4H3,(H,30,33). The highest BCUT2D eigenvalue weighted by atomic mass is 32.2. The van der Waals surface area contributed by atoms with Gasteiger partial charge >= 0.3 is 0 Å². The molecule has 0 fully saturated rings. The minimum Gasteiger partial charge on any atom is -0.350 e. The Morgan fingerprint density at radius 1 is 0.861 bits per heavy atom. The van der Waals surface area contributed by atoms with Crippen LogP contribution in [0.3, 0.4) is 0 Å². The quantitative estimate of drug-likeness (QED) is 0.357. The summed E-state index contributed by atoms with van der Waals surface area (Å²) in [4.78, 5) is 41.3. The highest BCUT2D eigenvalue weighted by molar-refractivity contribution is 8.04. The van der Waals surface area contributed by atoms with E-state index in [2.05, 4.69) is 10.6 Å². The molecule has 0 radical (unpaired) electrons. The molecular formula is C29H29N3O3S. The average molecular weight is 500 g/mol. The summed E-state index contributed by atoms with van der Waals surface area (Å²) in [6.45, 7) is 8.02. The zero-order valence-corrected chi connectivity index (χ0v) is 21.6. The molecular weight excluding hydrogens is 470 g/mol. The van der Waals surface area contributed by atoms with Gasteiger partial charge in [0.05, 0.1) is 5.69 Å². The molecule has 1 aliphatic rings. The van der Waals surface area contributed by atoms with Gasteiger partial charge in [0.1, 0.15) is 10.6 Å². The SMILES string of the molecule is Cc1ccc(NC2=C(Sc3ccc(NC(=O)CC(C)C)cc3)C(=O)N(c3ccccc3)C2=O)cc1C. The van der Waals surface area contributed by atoms with Gasteiger partial charge < -0.3 is 10.6 Å². The molecule has 3 amide bonds. The fraction of sp³-hybridized carbons (Fsp3) is 0.207. The third kappa shape index (κ3) is 5.69. The highest BCUT2D eigenvalue weighted by Crippen LogP contribution is 2.38. The molecule has 6 nitrogen and oxygen atoms in total. The van der Waals surface area contributed by atoms with E-state index in [1.807, 2.05) is 64.1 Å². The van der Waals surface area contributed by atoms with Gasteiger partial charge in [-0.3, -0.25) is 14.4 Å². The maximum absolute atomic E-state index is 13.5. The van der Waals surface area contributed by atoms with E-state index in [1.165, 1.54) is 16.7 Å².